The van der Waals surface area contributed by atoms with Gasteiger partial charge in [-0.1, -0.05) is 12.2 Å². The Morgan fingerprint density at radius 2 is 1.97 bits per heavy atom. The maximum absolute atomic E-state index is 9.51. The maximum Gasteiger partial charge on any atom is 0.225 e. The molecule has 1 aliphatic carbocycles. The van der Waals surface area contributed by atoms with Crippen molar-refractivity contribution in [3.05, 3.63) is 36.3 Å². The van der Waals surface area contributed by atoms with Crippen LogP contribution in [0.1, 0.15) is 56.6 Å². The molecule has 0 spiro atoms. The van der Waals surface area contributed by atoms with Crippen LogP contribution in [0.25, 0.3) is 11.3 Å². The van der Waals surface area contributed by atoms with Crippen molar-refractivity contribution < 1.29 is 5.11 Å². The molecular weight excluding hydrogens is 400 g/mol. The molecule has 7 heteroatoms. The number of piperidine rings is 1. The molecule has 0 unspecified atom stereocenters. The van der Waals surface area contributed by atoms with Crippen molar-refractivity contribution in [2.45, 2.75) is 57.4 Å². The first-order valence-electron chi connectivity index (χ1n) is 12.4. The van der Waals surface area contributed by atoms with Crippen LogP contribution in [0, 0.1) is 5.92 Å². The Morgan fingerprint density at radius 3 is 2.78 bits per heavy atom. The van der Waals surface area contributed by atoms with Crippen molar-refractivity contribution >= 4 is 5.95 Å². The van der Waals surface area contributed by atoms with E-state index in [9.17, 15) is 5.11 Å². The number of likely N-dealkylation sites (tertiary alicyclic amines) is 1. The summed E-state index contributed by atoms with van der Waals surface area (Å²) in [5, 5.41) is 14.5. The minimum absolute atomic E-state index is 0.0926. The van der Waals surface area contributed by atoms with Gasteiger partial charge < -0.3 is 14.9 Å². The molecule has 0 radical (unpaired) electrons. The predicted molar refractivity (Wildman–Crippen MR) is 127 cm³/mol. The Labute approximate surface area is 191 Å². The minimum atomic E-state index is 0.0926. The molecule has 0 amide bonds. The molecule has 32 heavy (non-hydrogen) atoms. The zero-order chi connectivity index (χ0) is 21.8. The molecule has 0 aromatic carbocycles. The third-order valence-electron chi connectivity index (χ3n) is 7.21. The Balaban J connectivity index is 1.38. The Bertz CT molecular complexity index is 919. The first kappa shape index (κ1) is 21.6. The molecule has 2 aliphatic heterocycles. The van der Waals surface area contributed by atoms with Gasteiger partial charge in [0.15, 0.2) is 0 Å². The van der Waals surface area contributed by atoms with E-state index < -0.39 is 0 Å². The SMILES string of the molecule is OCCn1cc(-c2ccnc(N3CCCC3)n2)c([C@@H]2CCCN(C[C@H]3CC=CCC3)C2)n1. The molecule has 2 aromatic rings. The van der Waals surface area contributed by atoms with E-state index in [0.29, 0.717) is 12.5 Å². The zero-order valence-electron chi connectivity index (χ0n) is 19.1. The van der Waals surface area contributed by atoms with Crippen LogP contribution >= 0.6 is 0 Å². The van der Waals surface area contributed by atoms with E-state index in [1.807, 2.05) is 16.9 Å². The highest BCUT2D eigenvalue weighted by Crippen LogP contribution is 2.34. The summed E-state index contributed by atoms with van der Waals surface area (Å²) in [6.45, 7) is 6.13. The van der Waals surface area contributed by atoms with Gasteiger partial charge in [-0.3, -0.25) is 4.68 Å². The van der Waals surface area contributed by atoms with Crippen molar-refractivity contribution in [2.75, 3.05) is 44.2 Å². The molecule has 2 atom stereocenters. The van der Waals surface area contributed by atoms with E-state index in [1.54, 1.807) is 0 Å². The van der Waals surface area contributed by atoms with Crippen LogP contribution in [0.3, 0.4) is 0 Å². The lowest BCUT2D eigenvalue weighted by molar-refractivity contribution is 0.172. The quantitative estimate of drug-likeness (QED) is 0.670. The fourth-order valence-electron chi connectivity index (χ4n) is 5.55. The number of rotatable bonds is 7. The Morgan fingerprint density at radius 1 is 1.06 bits per heavy atom. The van der Waals surface area contributed by atoms with Crippen molar-refractivity contribution in [2.24, 2.45) is 5.92 Å². The summed E-state index contributed by atoms with van der Waals surface area (Å²) in [6, 6.07) is 2.01. The zero-order valence-corrected chi connectivity index (χ0v) is 19.1. The molecule has 0 bridgehead atoms. The number of aromatic nitrogens is 4. The van der Waals surface area contributed by atoms with Crippen molar-refractivity contribution in [1.29, 1.82) is 0 Å². The number of allylic oxidation sites excluding steroid dienone is 2. The lowest BCUT2D eigenvalue weighted by atomic mass is 9.89. The maximum atomic E-state index is 9.51. The molecule has 5 rings (SSSR count). The number of aliphatic hydroxyl groups is 1. The van der Waals surface area contributed by atoms with Crippen LogP contribution in [0.4, 0.5) is 5.95 Å². The summed E-state index contributed by atoms with van der Waals surface area (Å²) in [5.41, 5.74) is 3.20. The summed E-state index contributed by atoms with van der Waals surface area (Å²) in [6.07, 6.45) is 17.2. The van der Waals surface area contributed by atoms with Gasteiger partial charge in [-0.25, -0.2) is 9.97 Å². The molecule has 4 heterocycles. The Kier molecular flexibility index (Phi) is 6.83. The Hall–Kier alpha value is -2.25. The molecule has 172 valence electrons. The number of anilines is 1. The smallest absolute Gasteiger partial charge is 0.225 e. The second kappa shape index (κ2) is 10.1. The topological polar surface area (TPSA) is 70.3 Å². The van der Waals surface area contributed by atoms with Crippen LogP contribution in [-0.4, -0.2) is 69.1 Å². The molecular formula is C25H36N6O. The van der Waals surface area contributed by atoms with Crippen LogP contribution in [0.15, 0.2) is 30.6 Å². The summed E-state index contributed by atoms with van der Waals surface area (Å²) in [4.78, 5) is 14.4. The van der Waals surface area contributed by atoms with Crippen LogP contribution in [0.5, 0.6) is 0 Å². The van der Waals surface area contributed by atoms with Gasteiger partial charge >= 0.3 is 0 Å². The molecule has 2 fully saturated rings. The number of hydrogen-bond acceptors (Lipinski definition) is 6. The highest BCUT2D eigenvalue weighted by atomic mass is 16.3. The summed E-state index contributed by atoms with van der Waals surface area (Å²) in [7, 11) is 0. The average Bonchev–Trinajstić information content (AvgIpc) is 3.51. The second-order valence-corrected chi connectivity index (χ2v) is 9.60. The third kappa shape index (κ3) is 4.89. The third-order valence-corrected chi connectivity index (χ3v) is 7.21. The first-order valence-corrected chi connectivity index (χ1v) is 12.4. The molecule has 2 saturated heterocycles. The van der Waals surface area contributed by atoms with E-state index in [4.69, 9.17) is 10.1 Å². The van der Waals surface area contributed by atoms with Gasteiger partial charge in [-0.15, -0.1) is 0 Å². The second-order valence-electron chi connectivity index (χ2n) is 9.60. The number of nitrogens with zero attached hydrogens (tertiary/aromatic N) is 6. The summed E-state index contributed by atoms with van der Waals surface area (Å²) >= 11 is 0. The van der Waals surface area contributed by atoms with Crippen LogP contribution in [0.2, 0.25) is 0 Å². The number of aliphatic hydroxyl groups excluding tert-OH is 1. The molecule has 1 N–H and O–H groups in total. The molecule has 0 saturated carbocycles. The lowest BCUT2D eigenvalue weighted by Crippen LogP contribution is -2.38. The largest absolute Gasteiger partial charge is 0.394 e. The summed E-state index contributed by atoms with van der Waals surface area (Å²) < 4.78 is 1.90. The predicted octanol–water partition coefficient (Wildman–Crippen LogP) is 3.47. The highest BCUT2D eigenvalue weighted by Gasteiger charge is 2.28. The van der Waals surface area contributed by atoms with E-state index in [-0.39, 0.29) is 6.61 Å². The first-order chi connectivity index (χ1) is 15.8. The van der Waals surface area contributed by atoms with Gasteiger partial charge in [0.1, 0.15) is 0 Å². The van der Waals surface area contributed by atoms with Crippen molar-refractivity contribution in [3.63, 3.8) is 0 Å². The van der Waals surface area contributed by atoms with Crippen LogP contribution in [-0.2, 0) is 6.54 Å². The van der Waals surface area contributed by atoms with Gasteiger partial charge in [0, 0.05) is 50.1 Å². The van der Waals surface area contributed by atoms with Gasteiger partial charge in [-0.2, -0.15) is 5.10 Å². The molecule has 2 aromatic heterocycles. The minimum Gasteiger partial charge on any atom is -0.394 e. The van der Waals surface area contributed by atoms with Crippen molar-refractivity contribution in [1.82, 2.24) is 24.6 Å². The fourth-order valence-corrected chi connectivity index (χ4v) is 5.55. The average molecular weight is 437 g/mol. The van der Waals surface area contributed by atoms with Crippen molar-refractivity contribution in [3.8, 4) is 11.3 Å². The fraction of sp³-hybridized carbons (Fsp3) is 0.640. The van der Waals surface area contributed by atoms with E-state index >= 15 is 0 Å². The summed E-state index contributed by atoms with van der Waals surface area (Å²) in [5.74, 6) is 2.02. The van der Waals surface area contributed by atoms with Crippen LogP contribution < -0.4 is 4.90 Å². The van der Waals surface area contributed by atoms with Gasteiger partial charge in [0.05, 0.1) is 24.5 Å². The van der Waals surface area contributed by atoms with Gasteiger partial charge in [-0.05, 0) is 63.5 Å². The monoisotopic (exact) mass is 436 g/mol. The lowest BCUT2D eigenvalue weighted by Gasteiger charge is -2.35. The standard InChI is InChI=1S/C25H36N6O/c32-16-15-31-19-22(23-10-11-26-25(27-23)30-13-4-5-14-30)24(28-31)21-9-6-12-29(18-21)17-20-7-2-1-3-8-20/h1-2,10-11,19-21,32H,3-9,12-18H2/t20-,21+/m0/s1. The van der Waals surface area contributed by atoms with E-state index in [0.717, 1.165) is 54.9 Å². The van der Waals surface area contributed by atoms with Gasteiger partial charge in [0.25, 0.3) is 0 Å². The molecule has 7 nitrogen and oxygen atoms in total. The van der Waals surface area contributed by atoms with E-state index in [1.165, 1.54) is 51.6 Å². The normalized spacial score (nSPS) is 24.3. The molecule has 3 aliphatic rings. The number of hydrogen-bond donors (Lipinski definition) is 1. The van der Waals surface area contributed by atoms with Gasteiger partial charge in [0.2, 0.25) is 5.95 Å². The highest BCUT2D eigenvalue weighted by molar-refractivity contribution is 5.63. The van der Waals surface area contributed by atoms with E-state index in [2.05, 4.69) is 33.1 Å².